The molecule has 0 bridgehead atoms. The van der Waals surface area contributed by atoms with Crippen LogP contribution in [0.3, 0.4) is 0 Å². The van der Waals surface area contributed by atoms with Crippen LogP contribution >= 0.6 is 0 Å². The fourth-order valence-electron chi connectivity index (χ4n) is 2.36. The smallest absolute Gasteiger partial charge is 0.183 e. The molecule has 1 unspecified atom stereocenters. The molecule has 0 saturated heterocycles. The molecule has 0 fully saturated rings. The molecule has 1 heterocycles. The average molecular weight is 327 g/mol. The summed E-state index contributed by atoms with van der Waals surface area (Å²) in [7, 11) is 0. The quantitative estimate of drug-likeness (QED) is 0.698. The van der Waals surface area contributed by atoms with Gasteiger partial charge in [0.25, 0.3) is 0 Å². The Kier molecular flexibility index (Phi) is 7.62. The largest absolute Gasteiger partial charge is 0.388 e. The van der Waals surface area contributed by atoms with Gasteiger partial charge in [-0.2, -0.15) is 0 Å². The molecular weight excluding hydrogens is 302 g/mol. The molecule has 0 amide bonds. The zero-order valence-electron chi connectivity index (χ0n) is 14.3. The number of hydrogen-bond donors (Lipinski definition) is 1. The molecule has 2 aromatic rings. The summed E-state index contributed by atoms with van der Waals surface area (Å²) >= 11 is 0. The fourth-order valence-corrected chi connectivity index (χ4v) is 2.36. The Morgan fingerprint density at radius 2 is 1.71 bits per heavy atom. The molecule has 4 heteroatoms. The van der Waals surface area contributed by atoms with Crippen molar-refractivity contribution in [3.63, 3.8) is 0 Å². The second kappa shape index (κ2) is 9.98. The van der Waals surface area contributed by atoms with E-state index in [-0.39, 0.29) is 6.29 Å². The van der Waals surface area contributed by atoms with E-state index in [1.54, 1.807) is 12.4 Å². The predicted molar refractivity (Wildman–Crippen MR) is 95.3 cm³/mol. The number of ether oxygens (including phenoxy) is 2. The highest BCUT2D eigenvalue weighted by Gasteiger charge is 2.12. The van der Waals surface area contributed by atoms with E-state index in [4.69, 9.17) is 9.47 Å². The number of hydrogen-bond acceptors (Lipinski definition) is 4. The van der Waals surface area contributed by atoms with Crippen LogP contribution in [0.5, 0.6) is 0 Å². The summed E-state index contributed by atoms with van der Waals surface area (Å²) in [6, 6.07) is 11.6. The Hall–Kier alpha value is -2.01. The Bertz CT molecular complexity index is 605. The van der Waals surface area contributed by atoms with E-state index in [1.165, 1.54) is 0 Å². The second-order valence-corrected chi connectivity index (χ2v) is 5.35. The lowest BCUT2D eigenvalue weighted by Crippen LogP contribution is -2.09. The molecule has 0 radical (unpaired) electrons. The van der Waals surface area contributed by atoms with E-state index >= 15 is 0 Å². The lowest BCUT2D eigenvalue weighted by molar-refractivity contribution is -0.140. The maximum atomic E-state index is 10.3. The number of aromatic nitrogens is 1. The first kappa shape index (κ1) is 18.3. The summed E-state index contributed by atoms with van der Waals surface area (Å²) < 4.78 is 11.2. The molecule has 2 rings (SSSR count). The lowest BCUT2D eigenvalue weighted by Gasteiger charge is -2.18. The lowest BCUT2D eigenvalue weighted by atomic mass is 10.0. The number of aliphatic hydroxyl groups is 1. The van der Waals surface area contributed by atoms with Crippen molar-refractivity contribution in [1.82, 2.24) is 4.98 Å². The van der Waals surface area contributed by atoms with Gasteiger partial charge in [-0.3, -0.25) is 4.98 Å². The molecule has 128 valence electrons. The van der Waals surface area contributed by atoms with Crippen molar-refractivity contribution >= 4 is 6.08 Å². The first-order valence-electron chi connectivity index (χ1n) is 8.32. The number of pyridine rings is 1. The van der Waals surface area contributed by atoms with Crippen LogP contribution in [0.2, 0.25) is 0 Å². The topological polar surface area (TPSA) is 51.6 Å². The van der Waals surface area contributed by atoms with Gasteiger partial charge < -0.3 is 14.6 Å². The highest BCUT2D eigenvalue weighted by molar-refractivity contribution is 5.47. The van der Waals surface area contributed by atoms with Gasteiger partial charge in [0, 0.05) is 31.2 Å². The van der Waals surface area contributed by atoms with Crippen LogP contribution in [0.25, 0.3) is 6.08 Å². The summed E-state index contributed by atoms with van der Waals surface area (Å²) in [5.41, 5.74) is 2.86. The minimum atomic E-state index is -0.537. The van der Waals surface area contributed by atoms with E-state index in [1.807, 2.05) is 62.4 Å². The third-order valence-corrected chi connectivity index (χ3v) is 3.58. The third kappa shape index (κ3) is 5.57. The van der Waals surface area contributed by atoms with Crippen LogP contribution in [0.15, 0.2) is 54.9 Å². The molecule has 0 aliphatic rings. The number of rotatable bonds is 9. The van der Waals surface area contributed by atoms with Crippen molar-refractivity contribution in [1.29, 1.82) is 0 Å². The molecular formula is C20H25NO3. The highest BCUT2D eigenvalue weighted by atomic mass is 16.7. The minimum Gasteiger partial charge on any atom is -0.388 e. The Labute approximate surface area is 143 Å². The predicted octanol–water partition coefficient (Wildman–Crippen LogP) is 4.29. The van der Waals surface area contributed by atoms with E-state index in [0.717, 1.165) is 16.7 Å². The summed E-state index contributed by atoms with van der Waals surface area (Å²) in [5.74, 6) is 0. The molecule has 1 atom stereocenters. The Morgan fingerprint density at radius 1 is 1.04 bits per heavy atom. The molecule has 0 aliphatic carbocycles. The molecule has 1 aromatic carbocycles. The Balaban J connectivity index is 1.95. The van der Waals surface area contributed by atoms with Crippen LogP contribution in [0.1, 0.15) is 49.4 Å². The van der Waals surface area contributed by atoms with E-state index in [0.29, 0.717) is 19.6 Å². The van der Waals surface area contributed by atoms with Crippen LogP contribution in [-0.4, -0.2) is 23.3 Å². The van der Waals surface area contributed by atoms with Crippen molar-refractivity contribution < 1.29 is 14.6 Å². The van der Waals surface area contributed by atoms with Gasteiger partial charge in [-0.25, -0.2) is 0 Å². The summed E-state index contributed by atoms with van der Waals surface area (Å²) in [5, 5.41) is 10.3. The van der Waals surface area contributed by atoms with Crippen LogP contribution in [0, 0.1) is 0 Å². The molecule has 0 aliphatic heterocycles. The molecule has 4 nitrogen and oxygen atoms in total. The zero-order valence-corrected chi connectivity index (χ0v) is 14.3. The normalized spacial score (nSPS) is 12.8. The standard InChI is InChI=1S/C20H25NO3/c1-3-23-20(24-4-2)18-12-10-17(11-13-18)19(22)9-5-7-16-8-6-14-21-15-16/h5-8,10-15,19-20,22H,3-4,9H2,1-2H3. The van der Waals surface area contributed by atoms with Crippen LogP contribution in [-0.2, 0) is 9.47 Å². The van der Waals surface area contributed by atoms with E-state index < -0.39 is 6.10 Å². The number of aliphatic hydroxyl groups excluding tert-OH is 1. The van der Waals surface area contributed by atoms with Gasteiger partial charge in [0.15, 0.2) is 6.29 Å². The molecule has 1 aromatic heterocycles. The summed E-state index contributed by atoms with van der Waals surface area (Å²) in [4.78, 5) is 4.06. The van der Waals surface area contributed by atoms with Gasteiger partial charge in [0.2, 0.25) is 0 Å². The summed E-state index contributed by atoms with van der Waals surface area (Å²) in [6.45, 7) is 5.07. The minimum absolute atomic E-state index is 0.350. The number of benzene rings is 1. The zero-order chi connectivity index (χ0) is 17.2. The molecule has 0 saturated carbocycles. The van der Waals surface area contributed by atoms with Crippen LogP contribution in [0.4, 0.5) is 0 Å². The second-order valence-electron chi connectivity index (χ2n) is 5.35. The van der Waals surface area contributed by atoms with Gasteiger partial charge in [-0.1, -0.05) is 42.5 Å². The van der Waals surface area contributed by atoms with E-state index in [2.05, 4.69) is 4.98 Å². The average Bonchev–Trinajstić information content (AvgIpc) is 2.62. The maximum absolute atomic E-state index is 10.3. The van der Waals surface area contributed by atoms with Crippen molar-refractivity contribution in [3.8, 4) is 0 Å². The van der Waals surface area contributed by atoms with Crippen molar-refractivity contribution in [2.45, 2.75) is 32.7 Å². The molecule has 0 spiro atoms. The van der Waals surface area contributed by atoms with Crippen molar-refractivity contribution in [3.05, 3.63) is 71.6 Å². The third-order valence-electron chi connectivity index (χ3n) is 3.58. The van der Waals surface area contributed by atoms with Gasteiger partial charge in [0.1, 0.15) is 0 Å². The first-order chi connectivity index (χ1) is 11.7. The highest BCUT2D eigenvalue weighted by Crippen LogP contribution is 2.23. The van der Waals surface area contributed by atoms with Crippen molar-refractivity contribution in [2.24, 2.45) is 0 Å². The SMILES string of the molecule is CCOC(OCC)c1ccc(C(O)CC=Cc2cccnc2)cc1. The Morgan fingerprint density at radius 3 is 2.29 bits per heavy atom. The van der Waals surface area contributed by atoms with Gasteiger partial charge in [-0.15, -0.1) is 0 Å². The van der Waals surface area contributed by atoms with E-state index in [9.17, 15) is 5.11 Å². The maximum Gasteiger partial charge on any atom is 0.183 e. The van der Waals surface area contributed by atoms with Crippen LogP contribution < -0.4 is 0 Å². The monoisotopic (exact) mass is 327 g/mol. The fraction of sp³-hybridized carbons (Fsp3) is 0.350. The molecule has 24 heavy (non-hydrogen) atoms. The first-order valence-corrected chi connectivity index (χ1v) is 8.32. The summed E-state index contributed by atoms with van der Waals surface area (Å²) in [6.07, 6.45) is 7.12. The van der Waals surface area contributed by atoms with Gasteiger partial charge >= 0.3 is 0 Å². The number of nitrogens with zero attached hydrogens (tertiary/aromatic N) is 1. The van der Waals surface area contributed by atoms with Crippen molar-refractivity contribution in [2.75, 3.05) is 13.2 Å². The molecule has 1 N–H and O–H groups in total. The van der Waals surface area contributed by atoms with Gasteiger partial charge in [0.05, 0.1) is 6.10 Å². The van der Waals surface area contributed by atoms with Gasteiger partial charge in [-0.05, 0) is 37.5 Å².